The molecule has 0 radical (unpaired) electrons. The summed E-state index contributed by atoms with van der Waals surface area (Å²) in [6.07, 6.45) is 8.72. The van der Waals surface area contributed by atoms with E-state index in [2.05, 4.69) is 15.9 Å². The standard InChI is InChI=1S/C15H24N4O2/c1-5-6-11-19(14(20)21-15(2,3)4)13-9-7-12(8-10-13)17-18-16/h1,12-13H,6-11H2,2-4H3/t12-,13+. The van der Waals surface area contributed by atoms with Crippen LogP contribution in [0.4, 0.5) is 4.79 Å². The number of hydrogen-bond donors (Lipinski definition) is 0. The van der Waals surface area contributed by atoms with Crippen LogP contribution < -0.4 is 0 Å². The Bertz CT molecular complexity index is 436. The summed E-state index contributed by atoms with van der Waals surface area (Å²) < 4.78 is 5.46. The van der Waals surface area contributed by atoms with Gasteiger partial charge < -0.3 is 9.64 Å². The Balaban J connectivity index is 2.68. The van der Waals surface area contributed by atoms with Gasteiger partial charge in [-0.25, -0.2) is 4.79 Å². The van der Waals surface area contributed by atoms with E-state index in [1.165, 1.54) is 0 Å². The topological polar surface area (TPSA) is 78.3 Å². The lowest BCUT2D eigenvalue weighted by atomic mass is 9.90. The van der Waals surface area contributed by atoms with Gasteiger partial charge in [-0.2, -0.15) is 0 Å². The van der Waals surface area contributed by atoms with Crippen LogP contribution in [0.3, 0.4) is 0 Å². The molecule has 1 rings (SSSR count). The van der Waals surface area contributed by atoms with Crippen molar-refractivity contribution in [1.29, 1.82) is 0 Å². The fraction of sp³-hybridized carbons (Fsp3) is 0.800. The summed E-state index contributed by atoms with van der Waals surface area (Å²) in [5, 5.41) is 3.76. The van der Waals surface area contributed by atoms with Gasteiger partial charge >= 0.3 is 6.09 Å². The molecule has 0 spiro atoms. The Kier molecular flexibility index (Phi) is 6.39. The molecule has 0 unspecified atom stereocenters. The minimum absolute atomic E-state index is 0.0411. The molecule has 0 bridgehead atoms. The molecule has 6 nitrogen and oxygen atoms in total. The van der Waals surface area contributed by atoms with Gasteiger partial charge in [0.15, 0.2) is 0 Å². The summed E-state index contributed by atoms with van der Waals surface area (Å²) in [7, 11) is 0. The van der Waals surface area contributed by atoms with Gasteiger partial charge in [0, 0.05) is 30.0 Å². The van der Waals surface area contributed by atoms with Crippen LogP contribution in [0.25, 0.3) is 10.4 Å². The van der Waals surface area contributed by atoms with Crippen LogP contribution in [-0.4, -0.2) is 35.2 Å². The highest BCUT2D eigenvalue weighted by Crippen LogP contribution is 2.26. The van der Waals surface area contributed by atoms with Gasteiger partial charge in [0.05, 0.1) is 0 Å². The fourth-order valence-corrected chi connectivity index (χ4v) is 2.49. The lowest BCUT2D eigenvalue weighted by molar-refractivity contribution is 0.0122. The molecule has 21 heavy (non-hydrogen) atoms. The zero-order chi connectivity index (χ0) is 15.9. The van der Waals surface area contributed by atoms with Crippen molar-refractivity contribution >= 4 is 6.09 Å². The highest BCUT2D eigenvalue weighted by molar-refractivity contribution is 5.68. The number of amides is 1. The summed E-state index contributed by atoms with van der Waals surface area (Å²) in [5.74, 6) is 2.57. The Morgan fingerprint density at radius 2 is 2.05 bits per heavy atom. The van der Waals surface area contributed by atoms with Gasteiger partial charge in [0.1, 0.15) is 5.60 Å². The minimum atomic E-state index is -0.520. The van der Waals surface area contributed by atoms with Crippen molar-refractivity contribution in [2.45, 2.75) is 70.6 Å². The van der Waals surface area contributed by atoms with E-state index in [9.17, 15) is 4.79 Å². The average Bonchev–Trinajstić information content (AvgIpc) is 2.39. The number of terminal acetylenes is 1. The molecular formula is C15H24N4O2. The van der Waals surface area contributed by atoms with Crippen molar-refractivity contribution in [2.75, 3.05) is 6.54 Å². The van der Waals surface area contributed by atoms with Crippen molar-refractivity contribution in [2.24, 2.45) is 5.11 Å². The number of carbonyl (C=O) groups is 1. The van der Waals surface area contributed by atoms with E-state index in [0.717, 1.165) is 25.7 Å². The van der Waals surface area contributed by atoms with Crippen molar-refractivity contribution in [3.05, 3.63) is 10.4 Å². The van der Waals surface area contributed by atoms with Gasteiger partial charge in [0.25, 0.3) is 0 Å². The number of hydrogen-bond acceptors (Lipinski definition) is 3. The second kappa shape index (κ2) is 7.80. The third kappa shape index (κ3) is 5.97. The normalized spacial score (nSPS) is 21.8. The Hall–Kier alpha value is -1.86. The monoisotopic (exact) mass is 292 g/mol. The maximum atomic E-state index is 12.3. The van der Waals surface area contributed by atoms with Crippen molar-refractivity contribution in [3.8, 4) is 12.3 Å². The summed E-state index contributed by atoms with van der Waals surface area (Å²) in [6.45, 7) is 6.05. The van der Waals surface area contributed by atoms with Crippen molar-refractivity contribution in [1.82, 2.24) is 4.90 Å². The lowest BCUT2D eigenvalue weighted by Crippen LogP contribution is -2.45. The molecule has 0 N–H and O–H groups in total. The van der Waals surface area contributed by atoms with Gasteiger partial charge in [0.2, 0.25) is 0 Å². The first kappa shape index (κ1) is 17.2. The number of carbonyl (C=O) groups excluding carboxylic acids is 1. The molecule has 1 saturated carbocycles. The molecule has 0 aromatic heterocycles. The molecule has 0 saturated heterocycles. The zero-order valence-corrected chi connectivity index (χ0v) is 13.1. The number of rotatable bonds is 4. The molecule has 0 aliphatic heterocycles. The molecule has 0 aromatic carbocycles. The van der Waals surface area contributed by atoms with Crippen LogP contribution in [-0.2, 0) is 4.74 Å². The zero-order valence-electron chi connectivity index (χ0n) is 13.1. The van der Waals surface area contributed by atoms with Crippen LogP contribution in [0.5, 0.6) is 0 Å². The molecular weight excluding hydrogens is 268 g/mol. The Labute approximate surface area is 126 Å². The van der Waals surface area contributed by atoms with Crippen LogP contribution in [0.1, 0.15) is 52.9 Å². The first-order valence-electron chi connectivity index (χ1n) is 7.34. The minimum Gasteiger partial charge on any atom is -0.444 e. The van der Waals surface area contributed by atoms with E-state index in [1.807, 2.05) is 20.8 Å². The van der Waals surface area contributed by atoms with E-state index in [0.29, 0.717) is 13.0 Å². The molecule has 116 valence electrons. The number of nitrogens with zero attached hydrogens (tertiary/aromatic N) is 4. The van der Waals surface area contributed by atoms with Crippen LogP contribution in [0, 0.1) is 12.3 Å². The second-order valence-electron chi connectivity index (χ2n) is 6.30. The molecule has 0 atom stereocenters. The van der Waals surface area contributed by atoms with Crippen molar-refractivity contribution < 1.29 is 9.53 Å². The third-order valence-corrected chi connectivity index (χ3v) is 3.45. The number of ether oxygens (including phenoxy) is 1. The van der Waals surface area contributed by atoms with Crippen molar-refractivity contribution in [3.63, 3.8) is 0 Å². The Morgan fingerprint density at radius 1 is 1.43 bits per heavy atom. The Morgan fingerprint density at radius 3 is 2.52 bits per heavy atom. The molecule has 1 fully saturated rings. The summed E-state index contributed by atoms with van der Waals surface area (Å²) in [5.41, 5.74) is 7.96. The highest BCUT2D eigenvalue weighted by Gasteiger charge is 2.31. The van der Waals surface area contributed by atoms with Crippen LogP contribution in [0.15, 0.2) is 5.11 Å². The maximum absolute atomic E-state index is 12.3. The molecule has 1 amide bonds. The fourth-order valence-electron chi connectivity index (χ4n) is 2.49. The van der Waals surface area contributed by atoms with Gasteiger partial charge in [-0.05, 0) is 52.0 Å². The van der Waals surface area contributed by atoms with Crippen LogP contribution in [0.2, 0.25) is 0 Å². The predicted octanol–water partition coefficient (Wildman–Crippen LogP) is 3.87. The van der Waals surface area contributed by atoms with E-state index in [1.54, 1.807) is 4.90 Å². The summed E-state index contributed by atoms with van der Waals surface area (Å²) in [4.78, 5) is 16.9. The number of azide groups is 1. The van der Waals surface area contributed by atoms with E-state index in [4.69, 9.17) is 16.7 Å². The second-order valence-corrected chi connectivity index (χ2v) is 6.30. The van der Waals surface area contributed by atoms with Gasteiger partial charge in [-0.15, -0.1) is 12.3 Å². The SMILES string of the molecule is C#CCCN(C(=O)OC(C)(C)C)[C@H]1CC[C@@H](N=[N+]=[N-])CC1. The first-order valence-corrected chi connectivity index (χ1v) is 7.34. The molecule has 1 aliphatic carbocycles. The lowest BCUT2D eigenvalue weighted by Gasteiger charge is -2.36. The predicted molar refractivity (Wildman–Crippen MR) is 81.6 cm³/mol. The first-order chi connectivity index (χ1) is 9.87. The smallest absolute Gasteiger partial charge is 0.410 e. The van der Waals surface area contributed by atoms with Gasteiger partial charge in [-0.3, -0.25) is 0 Å². The van der Waals surface area contributed by atoms with Crippen LogP contribution >= 0.6 is 0 Å². The largest absolute Gasteiger partial charge is 0.444 e. The maximum Gasteiger partial charge on any atom is 0.410 e. The molecule has 6 heteroatoms. The van der Waals surface area contributed by atoms with E-state index >= 15 is 0 Å². The quantitative estimate of drug-likeness (QED) is 0.341. The van der Waals surface area contributed by atoms with E-state index < -0.39 is 5.60 Å². The molecule has 1 aliphatic rings. The third-order valence-electron chi connectivity index (χ3n) is 3.45. The average molecular weight is 292 g/mol. The molecule has 0 heterocycles. The summed E-state index contributed by atoms with van der Waals surface area (Å²) >= 11 is 0. The van der Waals surface area contributed by atoms with Gasteiger partial charge in [-0.1, -0.05) is 5.11 Å². The molecule has 0 aromatic rings. The summed E-state index contributed by atoms with van der Waals surface area (Å²) in [6, 6.07) is 0.151. The highest BCUT2D eigenvalue weighted by atomic mass is 16.6. The van der Waals surface area contributed by atoms with E-state index in [-0.39, 0.29) is 18.2 Å².